The molecule has 6 nitrogen and oxygen atoms in total. The molecule has 2 aromatic rings. The predicted octanol–water partition coefficient (Wildman–Crippen LogP) is 1.26. The van der Waals surface area contributed by atoms with E-state index in [2.05, 4.69) is 10.1 Å². The Hall–Kier alpha value is -1.95. The van der Waals surface area contributed by atoms with Crippen LogP contribution in [0.15, 0.2) is 24.7 Å². The fourth-order valence-electron chi connectivity index (χ4n) is 3.41. The van der Waals surface area contributed by atoms with E-state index in [1.54, 1.807) is 10.7 Å². The average Bonchev–Trinajstić information content (AvgIpc) is 3.12. The minimum Gasteiger partial charge on any atom is -0.381 e. The van der Waals surface area contributed by atoms with Crippen LogP contribution in [0.4, 0.5) is 0 Å². The summed E-state index contributed by atoms with van der Waals surface area (Å²) in [6.07, 6.45) is 8.07. The summed E-state index contributed by atoms with van der Waals surface area (Å²) in [6.45, 7) is 2.97. The van der Waals surface area contributed by atoms with Crippen LogP contribution in [-0.2, 0) is 16.1 Å². The minimum absolute atomic E-state index is 0.171. The molecule has 2 saturated heterocycles. The minimum atomic E-state index is 0.171. The second-order valence-electron chi connectivity index (χ2n) is 6.11. The Morgan fingerprint density at radius 2 is 2.33 bits per heavy atom. The Labute approximate surface area is 122 Å². The van der Waals surface area contributed by atoms with Gasteiger partial charge in [-0.05, 0) is 18.9 Å². The first-order valence-corrected chi connectivity index (χ1v) is 7.39. The molecule has 0 N–H and O–H groups in total. The molecule has 6 heteroatoms. The van der Waals surface area contributed by atoms with Crippen molar-refractivity contribution in [2.75, 3.05) is 19.8 Å². The number of aromatic nitrogens is 3. The third-order valence-corrected chi connectivity index (χ3v) is 4.65. The van der Waals surface area contributed by atoms with Crippen molar-refractivity contribution in [1.82, 2.24) is 19.5 Å². The molecule has 0 saturated carbocycles. The molecule has 4 heterocycles. The van der Waals surface area contributed by atoms with Crippen LogP contribution in [0.3, 0.4) is 0 Å². The van der Waals surface area contributed by atoms with Crippen molar-refractivity contribution in [3.05, 3.63) is 30.2 Å². The Balaban J connectivity index is 1.59. The zero-order valence-corrected chi connectivity index (χ0v) is 11.9. The Morgan fingerprint density at radius 1 is 1.38 bits per heavy atom. The van der Waals surface area contributed by atoms with Gasteiger partial charge in [-0.1, -0.05) is 0 Å². The summed E-state index contributed by atoms with van der Waals surface area (Å²) in [7, 11) is 0. The smallest absolute Gasteiger partial charge is 0.222 e. The Morgan fingerprint density at radius 3 is 3.19 bits per heavy atom. The van der Waals surface area contributed by atoms with E-state index in [4.69, 9.17) is 4.74 Å². The van der Waals surface area contributed by atoms with Crippen molar-refractivity contribution in [3.63, 3.8) is 0 Å². The maximum absolute atomic E-state index is 12.2. The predicted molar refractivity (Wildman–Crippen MR) is 75.5 cm³/mol. The summed E-state index contributed by atoms with van der Waals surface area (Å²) >= 11 is 0. The highest BCUT2D eigenvalue weighted by Crippen LogP contribution is 2.38. The lowest BCUT2D eigenvalue weighted by atomic mass is 9.79. The molecule has 4 rings (SSSR count). The molecule has 2 fully saturated rings. The summed E-state index contributed by atoms with van der Waals surface area (Å²) in [5.74, 6) is 0.225. The van der Waals surface area contributed by atoms with Gasteiger partial charge in [-0.3, -0.25) is 4.79 Å². The molecule has 2 aromatic heterocycles. The van der Waals surface area contributed by atoms with Gasteiger partial charge in [0.1, 0.15) is 0 Å². The van der Waals surface area contributed by atoms with Crippen molar-refractivity contribution in [2.24, 2.45) is 5.41 Å². The number of hydrogen-bond acceptors (Lipinski definition) is 4. The first-order chi connectivity index (χ1) is 10.3. The van der Waals surface area contributed by atoms with Crippen LogP contribution in [0.25, 0.3) is 5.65 Å². The van der Waals surface area contributed by atoms with Gasteiger partial charge in [0.2, 0.25) is 5.91 Å². The molecule has 110 valence electrons. The van der Waals surface area contributed by atoms with Crippen LogP contribution in [0.2, 0.25) is 0 Å². The molecule has 1 spiro atoms. The number of ether oxygens (including phenoxy) is 1. The third kappa shape index (κ3) is 2.19. The van der Waals surface area contributed by atoms with E-state index in [9.17, 15) is 4.79 Å². The Kier molecular flexibility index (Phi) is 2.92. The molecule has 0 unspecified atom stereocenters. The van der Waals surface area contributed by atoms with Gasteiger partial charge in [-0.15, -0.1) is 0 Å². The van der Waals surface area contributed by atoms with Gasteiger partial charge < -0.3 is 9.64 Å². The summed E-state index contributed by atoms with van der Waals surface area (Å²) in [5.41, 5.74) is 2.00. The highest BCUT2D eigenvalue weighted by molar-refractivity contribution is 5.77. The highest BCUT2D eigenvalue weighted by atomic mass is 16.5. The molecule has 1 atom stereocenters. The van der Waals surface area contributed by atoms with Crippen LogP contribution < -0.4 is 0 Å². The van der Waals surface area contributed by atoms with Gasteiger partial charge in [0, 0.05) is 42.9 Å². The van der Waals surface area contributed by atoms with E-state index in [1.165, 1.54) is 0 Å². The largest absolute Gasteiger partial charge is 0.381 e. The fourth-order valence-corrected chi connectivity index (χ4v) is 3.41. The first-order valence-electron chi connectivity index (χ1n) is 7.39. The van der Waals surface area contributed by atoms with Crippen molar-refractivity contribution >= 4 is 11.6 Å². The molecule has 0 radical (unpaired) electrons. The summed E-state index contributed by atoms with van der Waals surface area (Å²) in [4.78, 5) is 18.5. The number of rotatable bonds is 2. The quantitative estimate of drug-likeness (QED) is 0.834. The number of likely N-dealkylation sites (tertiary alicyclic amines) is 1. The number of hydrogen-bond donors (Lipinski definition) is 0. The SMILES string of the molecule is O=C1CC[C@]2(CCOC2)CN1Cc1cnn2cccnc12. The highest BCUT2D eigenvalue weighted by Gasteiger charge is 2.41. The Bertz CT molecular complexity index is 675. The van der Waals surface area contributed by atoms with Gasteiger partial charge in [0.15, 0.2) is 5.65 Å². The van der Waals surface area contributed by atoms with E-state index in [-0.39, 0.29) is 11.3 Å². The summed E-state index contributed by atoms with van der Waals surface area (Å²) in [5, 5.41) is 4.29. The van der Waals surface area contributed by atoms with Gasteiger partial charge >= 0.3 is 0 Å². The number of amides is 1. The van der Waals surface area contributed by atoms with Gasteiger partial charge in [0.25, 0.3) is 0 Å². The second kappa shape index (κ2) is 4.80. The molecule has 1 amide bonds. The van der Waals surface area contributed by atoms with Crippen LogP contribution in [-0.4, -0.2) is 45.2 Å². The second-order valence-corrected chi connectivity index (χ2v) is 6.11. The molecule has 2 aliphatic heterocycles. The summed E-state index contributed by atoms with van der Waals surface area (Å²) < 4.78 is 7.31. The van der Waals surface area contributed by atoms with Gasteiger partial charge in [0.05, 0.1) is 19.3 Å². The first kappa shape index (κ1) is 12.8. The molecule has 0 aliphatic carbocycles. The van der Waals surface area contributed by atoms with Crippen LogP contribution in [0, 0.1) is 5.41 Å². The van der Waals surface area contributed by atoms with Crippen molar-refractivity contribution < 1.29 is 9.53 Å². The standard InChI is InChI=1S/C15H18N4O2/c20-13-2-3-15(4-7-21-11-15)10-18(13)9-12-8-17-19-6-1-5-16-14(12)19/h1,5-6,8H,2-4,7,9-11H2/t15-/m0/s1. The maximum Gasteiger partial charge on any atom is 0.222 e. The number of fused-ring (bicyclic) bond motifs is 1. The molecule has 2 aliphatic rings. The van der Waals surface area contributed by atoms with E-state index in [0.29, 0.717) is 13.0 Å². The van der Waals surface area contributed by atoms with Crippen LogP contribution >= 0.6 is 0 Å². The lowest BCUT2D eigenvalue weighted by Gasteiger charge is -2.39. The van der Waals surface area contributed by atoms with E-state index in [0.717, 1.165) is 43.8 Å². The maximum atomic E-state index is 12.2. The van der Waals surface area contributed by atoms with E-state index >= 15 is 0 Å². The van der Waals surface area contributed by atoms with Gasteiger partial charge in [-0.25, -0.2) is 9.50 Å². The lowest BCUT2D eigenvalue weighted by molar-refractivity contribution is -0.138. The van der Waals surface area contributed by atoms with Crippen molar-refractivity contribution in [3.8, 4) is 0 Å². The zero-order chi connectivity index (χ0) is 14.3. The van der Waals surface area contributed by atoms with Crippen LogP contribution in [0.5, 0.6) is 0 Å². The molecular formula is C15H18N4O2. The van der Waals surface area contributed by atoms with Crippen molar-refractivity contribution in [1.29, 1.82) is 0 Å². The number of nitrogens with zero attached hydrogens (tertiary/aromatic N) is 4. The molecule has 0 bridgehead atoms. The summed E-state index contributed by atoms with van der Waals surface area (Å²) in [6, 6.07) is 1.85. The molecule has 0 aromatic carbocycles. The number of piperidine rings is 1. The monoisotopic (exact) mass is 286 g/mol. The van der Waals surface area contributed by atoms with Gasteiger partial charge in [-0.2, -0.15) is 5.10 Å². The lowest BCUT2D eigenvalue weighted by Crippen LogP contribution is -2.46. The van der Waals surface area contributed by atoms with E-state index < -0.39 is 0 Å². The molecule has 21 heavy (non-hydrogen) atoms. The van der Waals surface area contributed by atoms with Crippen molar-refractivity contribution in [2.45, 2.75) is 25.8 Å². The zero-order valence-electron chi connectivity index (χ0n) is 11.9. The topological polar surface area (TPSA) is 59.7 Å². The third-order valence-electron chi connectivity index (χ3n) is 4.65. The number of carbonyl (C=O) groups is 1. The average molecular weight is 286 g/mol. The van der Waals surface area contributed by atoms with Crippen LogP contribution in [0.1, 0.15) is 24.8 Å². The fraction of sp³-hybridized carbons (Fsp3) is 0.533. The molecular weight excluding hydrogens is 268 g/mol. The normalized spacial score (nSPS) is 26.1. The number of carbonyl (C=O) groups excluding carboxylic acids is 1. The van der Waals surface area contributed by atoms with E-state index in [1.807, 2.05) is 23.4 Å².